The Morgan fingerprint density at radius 1 is 0.875 bits per heavy atom. The Labute approximate surface area is 187 Å². The summed E-state index contributed by atoms with van der Waals surface area (Å²) in [6, 6.07) is 27.9. The van der Waals surface area contributed by atoms with E-state index in [9.17, 15) is 4.79 Å². The number of benzene rings is 3. The average Bonchev–Trinajstić information content (AvgIpc) is 3.47. The van der Waals surface area contributed by atoms with Gasteiger partial charge in [-0.2, -0.15) is 0 Å². The van der Waals surface area contributed by atoms with Crippen molar-refractivity contribution >= 4 is 11.5 Å². The Bertz CT molecular complexity index is 1230. The Hall–Kier alpha value is -3.92. The Kier molecular flexibility index (Phi) is 5.42. The van der Waals surface area contributed by atoms with Crippen molar-refractivity contribution in [2.75, 3.05) is 0 Å². The third-order valence-corrected chi connectivity index (χ3v) is 5.93. The molecule has 0 spiro atoms. The van der Waals surface area contributed by atoms with Gasteiger partial charge in [0, 0.05) is 22.3 Å². The molecule has 2 N–H and O–H groups in total. The minimum Gasteiger partial charge on any atom is -0.436 e. The molecule has 4 aromatic rings. The van der Waals surface area contributed by atoms with Gasteiger partial charge in [0.2, 0.25) is 11.8 Å². The molecule has 1 amide bonds. The maximum atomic E-state index is 11.6. The molecule has 4 heteroatoms. The molecule has 0 aliphatic heterocycles. The summed E-state index contributed by atoms with van der Waals surface area (Å²) < 4.78 is 6.43. The van der Waals surface area contributed by atoms with Crippen molar-refractivity contribution < 1.29 is 9.21 Å². The molecule has 5 rings (SSSR count). The molecule has 32 heavy (non-hydrogen) atoms. The van der Waals surface area contributed by atoms with Gasteiger partial charge in [0.15, 0.2) is 5.76 Å². The smallest absolute Gasteiger partial charge is 0.248 e. The van der Waals surface area contributed by atoms with Crippen molar-refractivity contribution in [2.24, 2.45) is 5.73 Å². The first-order valence-corrected chi connectivity index (χ1v) is 10.9. The van der Waals surface area contributed by atoms with Gasteiger partial charge in [0.05, 0.1) is 0 Å². The molecule has 0 bridgehead atoms. The third kappa shape index (κ3) is 4.00. The van der Waals surface area contributed by atoms with Crippen molar-refractivity contribution in [3.63, 3.8) is 0 Å². The highest BCUT2D eigenvalue weighted by atomic mass is 16.4. The summed E-state index contributed by atoms with van der Waals surface area (Å²) in [5, 5.41) is 0. The van der Waals surface area contributed by atoms with Crippen LogP contribution in [0.5, 0.6) is 0 Å². The highest BCUT2D eigenvalue weighted by Gasteiger charge is 2.24. The second-order valence-electron chi connectivity index (χ2n) is 8.11. The van der Waals surface area contributed by atoms with Gasteiger partial charge in [-0.1, -0.05) is 78.4 Å². The Balaban J connectivity index is 1.57. The number of oxazole rings is 1. The van der Waals surface area contributed by atoms with Gasteiger partial charge >= 0.3 is 0 Å². The zero-order valence-corrected chi connectivity index (χ0v) is 17.8. The van der Waals surface area contributed by atoms with E-state index in [0.29, 0.717) is 11.5 Å². The van der Waals surface area contributed by atoms with Crippen LogP contribution >= 0.6 is 0 Å². The van der Waals surface area contributed by atoms with E-state index < -0.39 is 5.91 Å². The third-order valence-electron chi connectivity index (χ3n) is 5.93. The summed E-state index contributed by atoms with van der Waals surface area (Å²) in [6.45, 7) is 0. The van der Waals surface area contributed by atoms with E-state index in [1.807, 2.05) is 54.6 Å². The van der Waals surface area contributed by atoms with Crippen LogP contribution in [-0.4, -0.2) is 10.9 Å². The van der Waals surface area contributed by atoms with Gasteiger partial charge in [-0.25, -0.2) is 4.98 Å². The summed E-state index contributed by atoms with van der Waals surface area (Å²) in [6.07, 6.45) is 3.78. The van der Waals surface area contributed by atoms with Crippen LogP contribution in [0.4, 0.5) is 0 Å². The molecule has 0 radical (unpaired) electrons. The number of aromatic nitrogens is 1. The van der Waals surface area contributed by atoms with E-state index >= 15 is 0 Å². The van der Waals surface area contributed by atoms with E-state index in [1.165, 1.54) is 11.1 Å². The molecule has 0 unspecified atom stereocenters. The lowest BCUT2D eigenvalue weighted by Crippen LogP contribution is -2.11. The fraction of sp³-hybridized carbons (Fsp3) is 0.143. The van der Waals surface area contributed by atoms with Gasteiger partial charge in [-0.15, -0.1) is 0 Å². The molecule has 1 heterocycles. The number of allylic oxidation sites excluding steroid dienone is 2. The second-order valence-corrected chi connectivity index (χ2v) is 8.11. The van der Waals surface area contributed by atoms with E-state index in [-0.39, 0.29) is 0 Å². The summed E-state index contributed by atoms with van der Waals surface area (Å²) >= 11 is 0. The first-order valence-electron chi connectivity index (χ1n) is 10.9. The average molecular weight is 421 g/mol. The van der Waals surface area contributed by atoms with Crippen LogP contribution in [0.15, 0.2) is 94.9 Å². The Morgan fingerprint density at radius 3 is 2.31 bits per heavy atom. The molecule has 1 aliphatic rings. The fourth-order valence-electron chi connectivity index (χ4n) is 4.37. The summed E-state index contributed by atoms with van der Waals surface area (Å²) in [7, 11) is 0. The number of amides is 1. The van der Waals surface area contributed by atoms with E-state index in [1.54, 1.807) is 6.07 Å². The van der Waals surface area contributed by atoms with Crippen LogP contribution < -0.4 is 5.73 Å². The van der Waals surface area contributed by atoms with Gasteiger partial charge in [0.1, 0.15) is 5.69 Å². The van der Waals surface area contributed by atoms with Gasteiger partial charge in [0.25, 0.3) is 0 Å². The second kappa shape index (κ2) is 8.67. The zero-order chi connectivity index (χ0) is 21.9. The zero-order valence-electron chi connectivity index (χ0n) is 17.8. The lowest BCUT2D eigenvalue weighted by Gasteiger charge is -2.06. The normalized spacial score (nSPS) is 13.5. The highest BCUT2D eigenvalue weighted by molar-refractivity contribution is 5.93. The largest absolute Gasteiger partial charge is 0.436 e. The topological polar surface area (TPSA) is 69.1 Å². The SMILES string of the molecule is NC(=O)c1cccc(CC2=C(c3nc(-c4ccccc4)c(-c4ccccc4)o3)CCC2)c1. The monoisotopic (exact) mass is 420 g/mol. The maximum Gasteiger partial charge on any atom is 0.248 e. The number of hydrogen-bond acceptors (Lipinski definition) is 3. The molecule has 158 valence electrons. The van der Waals surface area contributed by atoms with E-state index in [2.05, 4.69) is 24.3 Å². The van der Waals surface area contributed by atoms with Gasteiger partial charge in [-0.3, -0.25) is 4.79 Å². The predicted molar refractivity (Wildman–Crippen MR) is 127 cm³/mol. The maximum absolute atomic E-state index is 11.6. The molecule has 1 aliphatic carbocycles. The molecule has 0 atom stereocenters. The number of nitrogens with two attached hydrogens (primary N) is 1. The first-order chi connectivity index (χ1) is 15.7. The fourth-order valence-corrected chi connectivity index (χ4v) is 4.37. The number of rotatable bonds is 6. The Morgan fingerprint density at radius 2 is 1.59 bits per heavy atom. The van der Waals surface area contributed by atoms with Gasteiger partial charge in [-0.05, 0) is 43.4 Å². The first kappa shape index (κ1) is 20.0. The molecule has 1 aromatic heterocycles. The number of hydrogen-bond donors (Lipinski definition) is 1. The number of carbonyl (C=O) groups is 1. The molecular formula is C28H24N2O2. The van der Waals surface area contributed by atoms with Crippen LogP contribution in [0.1, 0.15) is 41.1 Å². The van der Waals surface area contributed by atoms with E-state index in [4.69, 9.17) is 15.1 Å². The molecular weight excluding hydrogens is 396 g/mol. The molecule has 0 saturated carbocycles. The van der Waals surface area contributed by atoms with E-state index in [0.717, 1.165) is 53.8 Å². The summed E-state index contributed by atoms with van der Waals surface area (Å²) in [4.78, 5) is 16.5. The quantitative estimate of drug-likeness (QED) is 0.399. The van der Waals surface area contributed by atoms with Crippen LogP contribution in [0.2, 0.25) is 0 Å². The van der Waals surface area contributed by atoms with Crippen molar-refractivity contribution in [3.05, 3.63) is 108 Å². The molecule has 0 fully saturated rings. The highest BCUT2D eigenvalue weighted by Crippen LogP contribution is 2.40. The lowest BCUT2D eigenvalue weighted by molar-refractivity contribution is 0.1000. The molecule has 4 nitrogen and oxygen atoms in total. The van der Waals surface area contributed by atoms with Crippen molar-refractivity contribution in [2.45, 2.75) is 25.7 Å². The minimum absolute atomic E-state index is 0.403. The minimum atomic E-state index is -0.403. The summed E-state index contributed by atoms with van der Waals surface area (Å²) in [5.74, 6) is 1.09. The predicted octanol–water partition coefficient (Wildman–Crippen LogP) is 6.29. The van der Waals surface area contributed by atoms with Crippen LogP contribution in [0.25, 0.3) is 28.2 Å². The lowest BCUT2D eigenvalue weighted by atomic mass is 10.00. The van der Waals surface area contributed by atoms with Gasteiger partial charge < -0.3 is 10.2 Å². The van der Waals surface area contributed by atoms with Crippen LogP contribution in [0, 0.1) is 0 Å². The van der Waals surface area contributed by atoms with Crippen LogP contribution in [0.3, 0.4) is 0 Å². The number of carbonyl (C=O) groups excluding carboxylic acids is 1. The number of primary amides is 1. The van der Waals surface area contributed by atoms with Crippen LogP contribution in [-0.2, 0) is 6.42 Å². The molecule has 0 saturated heterocycles. The number of nitrogens with zero attached hydrogens (tertiary/aromatic N) is 1. The van der Waals surface area contributed by atoms with Crippen molar-refractivity contribution in [1.29, 1.82) is 0 Å². The van der Waals surface area contributed by atoms with Crippen molar-refractivity contribution in [3.8, 4) is 22.6 Å². The molecule has 3 aromatic carbocycles. The summed E-state index contributed by atoms with van der Waals surface area (Å²) in [5.41, 5.74) is 12.5. The standard InChI is InChI=1S/C28H24N2O2/c29-27(31)23-15-7-9-19(18-23)17-22-14-8-16-24(22)28-30-25(20-10-3-1-4-11-20)26(32-28)21-12-5-2-6-13-21/h1-7,9-13,15,18H,8,14,16-17H2,(H2,29,31). The van der Waals surface area contributed by atoms with Crippen molar-refractivity contribution in [1.82, 2.24) is 4.98 Å².